The van der Waals surface area contributed by atoms with Crippen molar-refractivity contribution in [3.63, 3.8) is 0 Å². The zero-order chi connectivity index (χ0) is 29.9. The quantitative estimate of drug-likeness (QED) is 0.214. The number of nitrogens with one attached hydrogen (secondary N) is 1. The molecule has 2 saturated heterocycles. The molecule has 1 aliphatic carbocycles. The summed E-state index contributed by atoms with van der Waals surface area (Å²) in [4.78, 5) is 16.1. The zero-order valence-corrected chi connectivity index (χ0v) is 25.5. The second-order valence-electron chi connectivity index (χ2n) is 12.5. The minimum atomic E-state index is -0.302. The number of fused-ring (bicyclic) bond motifs is 1. The summed E-state index contributed by atoms with van der Waals surface area (Å²) in [5.41, 5.74) is 6.38. The van der Waals surface area contributed by atoms with Gasteiger partial charge in [0.05, 0.1) is 37.9 Å². The van der Waals surface area contributed by atoms with Crippen molar-refractivity contribution in [2.45, 2.75) is 56.6 Å². The van der Waals surface area contributed by atoms with Gasteiger partial charge in [-0.3, -0.25) is 4.90 Å². The molecule has 3 aromatic carbocycles. The van der Waals surface area contributed by atoms with Crippen LogP contribution >= 0.6 is 0 Å². The summed E-state index contributed by atoms with van der Waals surface area (Å²) >= 11 is 0. The van der Waals surface area contributed by atoms with E-state index in [0.29, 0.717) is 32.8 Å². The number of methoxy groups -OCH3 is 1. The summed E-state index contributed by atoms with van der Waals surface area (Å²) < 4.78 is 23.9. The summed E-state index contributed by atoms with van der Waals surface area (Å²) in [6.07, 6.45) is 3.02. The van der Waals surface area contributed by atoms with Crippen LogP contribution in [0, 0.1) is 11.8 Å². The Hall–Kier alpha value is -3.49. The maximum absolute atomic E-state index is 13.4. The van der Waals surface area contributed by atoms with Crippen molar-refractivity contribution in [3.05, 3.63) is 113 Å². The van der Waals surface area contributed by atoms with Crippen LogP contribution < -0.4 is 5.32 Å². The maximum atomic E-state index is 13.4. The van der Waals surface area contributed by atoms with Crippen LogP contribution in [0.4, 0.5) is 5.69 Å². The molecule has 0 radical (unpaired) electrons. The van der Waals surface area contributed by atoms with Crippen LogP contribution in [-0.4, -0.2) is 56.7 Å². The Morgan fingerprint density at radius 1 is 0.977 bits per heavy atom. The van der Waals surface area contributed by atoms with Gasteiger partial charge in [-0.05, 0) is 54.4 Å². The fraction of sp³-hybridized carbons (Fsp3) is 0.432. The molecule has 7 rings (SSSR count). The van der Waals surface area contributed by atoms with Crippen molar-refractivity contribution in [2.24, 2.45) is 11.8 Å². The fourth-order valence-corrected chi connectivity index (χ4v) is 8.29. The second kappa shape index (κ2) is 12.9. The number of hydrogen-bond donors (Lipinski definition) is 1. The van der Waals surface area contributed by atoms with E-state index < -0.39 is 0 Å². The first kappa shape index (κ1) is 29.2. The number of hydrogen-bond acceptors (Lipinski definition) is 7. The molecule has 7 heteroatoms. The second-order valence-corrected chi connectivity index (χ2v) is 12.5. The van der Waals surface area contributed by atoms with Gasteiger partial charge in [0.2, 0.25) is 0 Å². The number of carbonyl (C=O) groups is 1. The molecule has 1 spiro atoms. The molecule has 3 aliphatic heterocycles. The van der Waals surface area contributed by atoms with Gasteiger partial charge in [0.25, 0.3) is 0 Å². The number of rotatable bonds is 11. The van der Waals surface area contributed by atoms with Crippen molar-refractivity contribution in [2.75, 3.05) is 38.8 Å². The molecular weight excluding hydrogens is 552 g/mol. The molecule has 44 heavy (non-hydrogen) atoms. The summed E-state index contributed by atoms with van der Waals surface area (Å²) in [6, 6.07) is 29.8. The average Bonchev–Trinajstić information content (AvgIpc) is 3.81. The minimum absolute atomic E-state index is 0.138. The molecule has 3 aromatic rings. The zero-order valence-electron chi connectivity index (χ0n) is 25.5. The molecular formula is C37H42N2O5. The van der Waals surface area contributed by atoms with Crippen LogP contribution in [0.3, 0.4) is 0 Å². The lowest BCUT2D eigenvalue weighted by Gasteiger charge is -2.47. The molecule has 230 valence electrons. The first-order valence-electron chi connectivity index (χ1n) is 16.0. The average molecular weight is 595 g/mol. The van der Waals surface area contributed by atoms with Crippen LogP contribution in [0.2, 0.25) is 0 Å². The predicted molar refractivity (Wildman–Crippen MR) is 169 cm³/mol. The molecule has 3 heterocycles. The van der Waals surface area contributed by atoms with Crippen LogP contribution in [-0.2, 0) is 42.3 Å². The molecule has 2 fully saturated rings. The van der Waals surface area contributed by atoms with Gasteiger partial charge in [0.1, 0.15) is 0 Å². The smallest absolute Gasteiger partial charge is 0.335 e. The highest BCUT2D eigenvalue weighted by atomic mass is 16.7. The highest BCUT2D eigenvalue weighted by molar-refractivity contribution is 5.93. The molecule has 1 N–H and O–H groups in total. The Bertz CT molecular complexity index is 1470. The summed E-state index contributed by atoms with van der Waals surface area (Å²) in [5, 5.41) is 3.72. The van der Waals surface area contributed by atoms with E-state index in [1.807, 2.05) is 18.2 Å². The van der Waals surface area contributed by atoms with Gasteiger partial charge in [-0.2, -0.15) is 0 Å². The van der Waals surface area contributed by atoms with Crippen molar-refractivity contribution in [1.29, 1.82) is 0 Å². The van der Waals surface area contributed by atoms with Crippen LogP contribution in [0.15, 0.2) is 96.2 Å². The normalized spacial score (nSPS) is 25.3. The number of esters is 1. The number of nitrogens with zero attached hydrogens (tertiary/aromatic N) is 1. The van der Waals surface area contributed by atoms with Gasteiger partial charge in [-0.1, -0.05) is 78.9 Å². The van der Waals surface area contributed by atoms with Crippen molar-refractivity contribution >= 4 is 11.7 Å². The number of anilines is 1. The minimum Gasteiger partial charge on any atom is -0.466 e. The molecule has 4 aliphatic rings. The number of benzene rings is 3. The molecule has 0 aromatic heterocycles. The Morgan fingerprint density at radius 3 is 2.43 bits per heavy atom. The lowest BCUT2D eigenvalue weighted by Crippen LogP contribution is -2.52. The Morgan fingerprint density at radius 2 is 1.68 bits per heavy atom. The Kier molecular flexibility index (Phi) is 8.54. The number of para-hydroxylation sites is 1. The van der Waals surface area contributed by atoms with E-state index in [1.165, 1.54) is 23.8 Å². The Labute approximate surface area is 260 Å². The standard InChI is InChI=1S/C37H42N2O5/c1-41-35(40)30-23-29(22-28(36-43-20-21-44-36)16-19-42-25-27-12-6-3-7-13-27)34-37(31-14-8-9-15-32(31)38-33(30)37)17-18-39(34)24-26-10-4-2-5-11-26/h2-15,28-29,34,36,38H,16-25H2,1H3/t28?,29-,34+,37+/m0/s1. The van der Waals surface area contributed by atoms with E-state index in [-0.39, 0.29) is 35.6 Å². The third-order valence-corrected chi connectivity index (χ3v) is 10.1. The van der Waals surface area contributed by atoms with E-state index in [9.17, 15) is 4.79 Å². The van der Waals surface area contributed by atoms with E-state index in [1.54, 1.807) is 0 Å². The first-order chi connectivity index (χ1) is 21.7. The monoisotopic (exact) mass is 594 g/mol. The highest BCUT2D eigenvalue weighted by Crippen LogP contribution is 2.60. The third-order valence-electron chi connectivity index (χ3n) is 10.1. The van der Waals surface area contributed by atoms with Gasteiger partial charge in [0, 0.05) is 43.0 Å². The number of likely N-dealkylation sites (tertiary alicyclic amines) is 1. The summed E-state index contributed by atoms with van der Waals surface area (Å²) in [7, 11) is 1.50. The van der Waals surface area contributed by atoms with Crippen LogP contribution in [0.5, 0.6) is 0 Å². The summed E-state index contributed by atoms with van der Waals surface area (Å²) in [5.74, 6) is 0.0965. The first-order valence-corrected chi connectivity index (χ1v) is 16.0. The fourth-order valence-electron chi connectivity index (χ4n) is 8.29. The topological polar surface area (TPSA) is 69.3 Å². The molecule has 0 saturated carbocycles. The van der Waals surface area contributed by atoms with E-state index in [4.69, 9.17) is 18.9 Å². The molecule has 7 nitrogen and oxygen atoms in total. The Balaban J connectivity index is 1.22. The lowest BCUT2D eigenvalue weighted by molar-refractivity contribution is -0.137. The van der Waals surface area contributed by atoms with Crippen LogP contribution in [0.25, 0.3) is 0 Å². The van der Waals surface area contributed by atoms with E-state index in [2.05, 4.69) is 76.9 Å². The highest BCUT2D eigenvalue weighted by Gasteiger charge is 2.61. The molecule has 4 atom stereocenters. The SMILES string of the molecule is COC(=O)C1=C2Nc3ccccc3[C@]23CCN(Cc2ccccc2)[C@@H]3[C@@H](CC(CCOCc2ccccc2)C2OCCO2)C1. The van der Waals surface area contributed by atoms with Gasteiger partial charge in [-0.25, -0.2) is 4.79 Å². The summed E-state index contributed by atoms with van der Waals surface area (Å²) in [6.45, 7) is 4.24. The van der Waals surface area contributed by atoms with E-state index >= 15 is 0 Å². The van der Waals surface area contributed by atoms with Gasteiger partial charge in [0.15, 0.2) is 6.29 Å². The van der Waals surface area contributed by atoms with E-state index in [0.717, 1.165) is 49.3 Å². The largest absolute Gasteiger partial charge is 0.466 e. The molecule has 0 amide bonds. The lowest BCUT2D eigenvalue weighted by atomic mass is 9.61. The van der Waals surface area contributed by atoms with Crippen LogP contribution in [0.1, 0.15) is 42.4 Å². The molecule has 0 bridgehead atoms. The number of carbonyl (C=O) groups excluding carboxylic acids is 1. The van der Waals surface area contributed by atoms with Gasteiger partial charge in [-0.15, -0.1) is 0 Å². The van der Waals surface area contributed by atoms with Gasteiger partial charge >= 0.3 is 5.97 Å². The van der Waals surface area contributed by atoms with Crippen molar-refractivity contribution in [1.82, 2.24) is 4.90 Å². The van der Waals surface area contributed by atoms with Crippen molar-refractivity contribution in [3.8, 4) is 0 Å². The third kappa shape index (κ3) is 5.47. The van der Waals surface area contributed by atoms with Crippen molar-refractivity contribution < 1.29 is 23.7 Å². The maximum Gasteiger partial charge on any atom is 0.335 e. The van der Waals surface area contributed by atoms with Gasteiger partial charge < -0.3 is 24.3 Å². The molecule has 1 unspecified atom stereocenters. The number of ether oxygens (including phenoxy) is 4. The predicted octanol–water partition coefficient (Wildman–Crippen LogP) is 6.06.